The van der Waals surface area contributed by atoms with Crippen LogP contribution in [-0.4, -0.2) is 94.5 Å². The summed E-state index contributed by atoms with van der Waals surface area (Å²) >= 11 is 0. The third kappa shape index (κ3) is 8.25. The molecule has 2 unspecified atom stereocenters. The van der Waals surface area contributed by atoms with Gasteiger partial charge < -0.3 is 20.1 Å². The molecule has 53 heavy (non-hydrogen) atoms. The van der Waals surface area contributed by atoms with E-state index in [1.807, 2.05) is 20.8 Å². The van der Waals surface area contributed by atoms with Gasteiger partial charge in [0, 0.05) is 30.5 Å². The fraction of sp³-hybridized carbons (Fsp3) is 0.639. The first-order valence-corrected chi connectivity index (χ1v) is 19.8. The zero-order chi connectivity index (χ0) is 38.1. The van der Waals surface area contributed by atoms with Crippen LogP contribution in [0.25, 0.3) is 11.4 Å². The van der Waals surface area contributed by atoms with Crippen molar-refractivity contribution in [3.05, 3.63) is 36.9 Å². The molecule has 1 aliphatic heterocycles. The number of ketones is 1. The maximum atomic E-state index is 14.6. The van der Waals surface area contributed by atoms with Gasteiger partial charge in [0.05, 0.1) is 19.2 Å². The molecule has 2 aromatic rings. The van der Waals surface area contributed by atoms with Crippen LogP contribution in [0.4, 0.5) is 4.79 Å². The SMILES string of the molecule is C=CC[C@@H]1C[C@@]1(NC(=O)[C@@H]1C[C@@H](n2nnc(-c3ccc(OC)cc3)n2)CC1C(=O)C(NC(=O)OC1CCC1)C(C)(C)C)C(=O)NS(=O)(=O)N1CCCC1. The number of rotatable bonds is 14. The largest absolute Gasteiger partial charge is 0.497 e. The van der Waals surface area contributed by atoms with Crippen LogP contribution in [0.2, 0.25) is 0 Å². The summed E-state index contributed by atoms with van der Waals surface area (Å²) in [7, 11) is -2.55. The number of aromatic nitrogens is 4. The van der Waals surface area contributed by atoms with Gasteiger partial charge in [0.2, 0.25) is 11.7 Å². The Morgan fingerprint density at radius 2 is 1.74 bits per heavy atom. The van der Waals surface area contributed by atoms with E-state index in [1.165, 1.54) is 9.10 Å². The van der Waals surface area contributed by atoms with Crippen molar-refractivity contribution >= 4 is 33.9 Å². The minimum absolute atomic E-state index is 0.125. The number of nitrogens with zero attached hydrogens (tertiary/aromatic N) is 5. The molecule has 4 aliphatic rings. The van der Waals surface area contributed by atoms with Gasteiger partial charge in [0.15, 0.2) is 5.78 Å². The minimum atomic E-state index is -4.12. The van der Waals surface area contributed by atoms with Gasteiger partial charge in [-0.2, -0.15) is 17.5 Å². The second-order valence-electron chi connectivity index (χ2n) is 15.7. The molecule has 0 radical (unpaired) electrons. The molecule has 3 N–H and O–H groups in total. The molecule has 3 amide bonds. The van der Waals surface area contributed by atoms with Crippen LogP contribution in [0.3, 0.4) is 0 Å². The third-order valence-corrected chi connectivity index (χ3v) is 12.5. The van der Waals surface area contributed by atoms with Crippen LogP contribution >= 0.6 is 0 Å². The number of hydrogen-bond acceptors (Lipinski definition) is 11. The van der Waals surface area contributed by atoms with Crippen LogP contribution in [0, 0.1) is 23.2 Å². The molecule has 17 heteroatoms. The van der Waals surface area contributed by atoms with Crippen molar-refractivity contribution < 1.29 is 37.1 Å². The normalized spacial score (nSPS) is 26.6. The molecule has 288 valence electrons. The highest BCUT2D eigenvalue weighted by Gasteiger charge is 2.62. The standard InChI is InChI=1S/C36H50N8O8S/c1-6-10-23-21-36(23,33(47)41-53(49,50)43-17-7-8-18-43)38-32(46)28-20-24(44-40-31(39-42-44)22-13-15-25(51-5)16-14-22)19-27(28)29(45)30(35(2,3)4)37-34(48)52-26-11-9-12-26/h6,13-16,23-24,26-28,30H,1,7-12,17-21H2,2-5H3,(H,37,48)(H,38,46)(H,41,47)/t23-,24+,27?,28-,30?,36+/m1/s1. The number of Topliss-reactive ketones (excluding diaryl/α,β-unsaturated/α-hetero) is 1. The van der Waals surface area contributed by atoms with Crippen LogP contribution in [0.1, 0.15) is 84.6 Å². The number of carbonyl (C=O) groups excluding carboxylic acids is 4. The van der Waals surface area contributed by atoms with E-state index in [2.05, 4.69) is 37.3 Å². The maximum absolute atomic E-state index is 14.6. The second-order valence-corrected chi connectivity index (χ2v) is 17.4. The highest BCUT2D eigenvalue weighted by molar-refractivity contribution is 7.87. The van der Waals surface area contributed by atoms with Gasteiger partial charge in [-0.05, 0) is 98.6 Å². The summed E-state index contributed by atoms with van der Waals surface area (Å²) in [5.41, 5.74) is -1.57. The number of amides is 3. The number of benzene rings is 1. The summed E-state index contributed by atoms with van der Waals surface area (Å²) in [5, 5.41) is 18.8. The number of allylic oxidation sites excluding steroid dienone is 1. The van der Waals surface area contributed by atoms with Crippen molar-refractivity contribution in [2.75, 3.05) is 20.2 Å². The Morgan fingerprint density at radius 3 is 2.34 bits per heavy atom. The summed E-state index contributed by atoms with van der Waals surface area (Å²) in [5.74, 6) is -3.04. The van der Waals surface area contributed by atoms with Gasteiger partial charge in [-0.25, -0.2) is 9.52 Å². The van der Waals surface area contributed by atoms with Crippen LogP contribution < -0.4 is 20.1 Å². The van der Waals surface area contributed by atoms with Gasteiger partial charge >= 0.3 is 16.3 Å². The minimum Gasteiger partial charge on any atom is -0.497 e. The first kappa shape index (κ1) is 38.3. The number of ether oxygens (including phenoxy) is 2. The Labute approximate surface area is 310 Å². The summed E-state index contributed by atoms with van der Waals surface area (Å²) in [6, 6.07) is 5.59. The van der Waals surface area contributed by atoms with E-state index in [1.54, 1.807) is 37.5 Å². The smallest absolute Gasteiger partial charge is 0.408 e. The third-order valence-electron chi connectivity index (χ3n) is 11.0. The fourth-order valence-corrected chi connectivity index (χ4v) is 8.86. The highest BCUT2D eigenvalue weighted by Crippen LogP contribution is 2.48. The topological polar surface area (TPSA) is 204 Å². The molecular formula is C36H50N8O8S. The molecule has 2 heterocycles. The number of hydrogen-bond donors (Lipinski definition) is 3. The molecular weight excluding hydrogens is 705 g/mol. The average Bonchev–Trinajstić information content (AvgIpc) is 3.61. The lowest BCUT2D eigenvalue weighted by Gasteiger charge is -2.34. The van der Waals surface area contributed by atoms with Crippen molar-refractivity contribution in [1.29, 1.82) is 0 Å². The summed E-state index contributed by atoms with van der Waals surface area (Å²) in [6.45, 7) is 9.86. The van der Waals surface area contributed by atoms with E-state index in [4.69, 9.17) is 9.47 Å². The molecule has 3 saturated carbocycles. The fourth-order valence-electron chi connectivity index (χ4n) is 7.58. The summed E-state index contributed by atoms with van der Waals surface area (Å²) in [6.07, 6.45) is 5.46. The van der Waals surface area contributed by atoms with Gasteiger partial charge in [-0.3, -0.25) is 14.4 Å². The molecule has 16 nitrogen and oxygen atoms in total. The zero-order valence-electron chi connectivity index (χ0n) is 30.7. The molecule has 3 aliphatic carbocycles. The first-order valence-electron chi connectivity index (χ1n) is 18.3. The predicted molar refractivity (Wildman–Crippen MR) is 192 cm³/mol. The Kier molecular flexibility index (Phi) is 11.0. The molecule has 0 bridgehead atoms. The molecule has 6 rings (SSSR count). The Bertz CT molecular complexity index is 1820. The van der Waals surface area contributed by atoms with Crippen molar-refractivity contribution in [3.8, 4) is 17.1 Å². The van der Waals surface area contributed by atoms with E-state index in [0.29, 0.717) is 49.5 Å². The monoisotopic (exact) mass is 754 g/mol. The van der Waals surface area contributed by atoms with Crippen molar-refractivity contribution in [2.45, 2.75) is 102 Å². The predicted octanol–water partition coefficient (Wildman–Crippen LogP) is 3.09. The van der Waals surface area contributed by atoms with E-state index >= 15 is 0 Å². The summed E-state index contributed by atoms with van der Waals surface area (Å²) < 4.78 is 40.4. The molecule has 4 fully saturated rings. The first-order chi connectivity index (χ1) is 25.1. The second kappa shape index (κ2) is 15.2. The van der Waals surface area contributed by atoms with Crippen molar-refractivity contribution in [2.24, 2.45) is 23.2 Å². The van der Waals surface area contributed by atoms with Gasteiger partial charge in [-0.15, -0.1) is 16.8 Å². The lowest BCUT2D eigenvalue weighted by molar-refractivity contribution is -0.137. The van der Waals surface area contributed by atoms with Crippen molar-refractivity contribution in [1.82, 2.24) is 39.9 Å². The maximum Gasteiger partial charge on any atom is 0.408 e. The Morgan fingerprint density at radius 1 is 1.06 bits per heavy atom. The van der Waals surface area contributed by atoms with Crippen LogP contribution in [-0.2, 0) is 29.3 Å². The Balaban J connectivity index is 1.27. The van der Waals surface area contributed by atoms with Crippen LogP contribution in [0.15, 0.2) is 36.9 Å². The van der Waals surface area contributed by atoms with Crippen LogP contribution in [0.5, 0.6) is 5.75 Å². The number of methoxy groups -OCH3 is 1. The van der Waals surface area contributed by atoms with Gasteiger partial charge in [0.25, 0.3) is 5.91 Å². The molecule has 1 aromatic heterocycles. The quantitative estimate of drug-likeness (QED) is 0.239. The number of nitrogens with one attached hydrogen (secondary N) is 3. The summed E-state index contributed by atoms with van der Waals surface area (Å²) in [4.78, 5) is 57.1. The molecule has 6 atom stereocenters. The van der Waals surface area contributed by atoms with Gasteiger partial charge in [-0.1, -0.05) is 26.8 Å². The van der Waals surface area contributed by atoms with Crippen molar-refractivity contribution in [3.63, 3.8) is 0 Å². The lowest BCUT2D eigenvalue weighted by Crippen LogP contribution is -2.56. The van der Waals surface area contributed by atoms with E-state index < -0.39 is 68.9 Å². The molecule has 1 saturated heterocycles. The van der Waals surface area contributed by atoms with E-state index in [-0.39, 0.29) is 31.1 Å². The molecule has 0 spiro atoms. The van der Waals surface area contributed by atoms with E-state index in [0.717, 1.165) is 19.3 Å². The molecule has 1 aromatic carbocycles. The highest BCUT2D eigenvalue weighted by atomic mass is 32.2. The zero-order valence-corrected chi connectivity index (χ0v) is 31.6. The number of alkyl carbamates (subject to hydrolysis) is 1. The van der Waals surface area contributed by atoms with Gasteiger partial charge in [0.1, 0.15) is 17.4 Å². The lowest BCUT2D eigenvalue weighted by atomic mass is 9.77. The number of carbonyl (C=O) groups is 4. The average molecular weight is 755 g/mol. The Hall–Kier alpha value is -4.38. The number of tetrazole rings is 1. The van der Waals surface area contributed by atoms with E-state index in [9.17, 15) is 27.6 Å².